The van der Waals surface area contributed by atoms with Crippen LogP contribution in [0, 0.1) is 0 Å². The number of rotatable bonds is 4. The summed E-state index contributed by atoms with van der Waals surface area (Å²) >= 11 is 5.86. The Morgan fingerprint density at radius 1 is 1.44 bits per heavy atom. The Labute approximate surface area is 97.9 Å². The maximum atomic E-state index is 5.86. The van der Waals surface area contributed by atoms with Gasteiger partial charge in [0.25, 0.3) is 0 Å². The van der Waals surface area contributed by atoms with Crippen LogP contribution in [0.5, 0.6) is 5.75 Å². The van der Waals surface area contributed by atoms with Gasteiger partial charge in [-0.15, -0.1) is 0 Å². The molecule has 0 saturated carbocycles. The number of nitrogens with two attached hydrogens (primary N) is 1. The molecule has 2 rings (SSSR count). The van der Waals surface area contributed by atoms with Gasteiger partial charge in [-0.2, -0.15) is 0 Å². The average Bonchev–Trinajstić information content (AvgIpc) is 2.80. The molecule has 4 nitrogen and oxygen atoms in total. The van der Waals surface area contributed by atoms with E-state index in [-0.39, 0.29) is 0 Å². The Bertz CT molecular complexity index is 457. The molecule has 1 aromatic heterocycles. The third kappa shape index (κ3) is 2.53. The molecule has 16 heavy (non-hydrogen) atoms. The van der Waals surface area contributed by atoms with E-state index >= 15 is 0 Å². The largest absolute Gasteiger partial charge is 0.488 e. The molecular formula is C11H11ClN2O2. The summed E-state index contributed by atoms with van der Waals surface area (Å²) in [6.45, 7) is 0.789. The van der Waals surface area contributed by atoms with E-state index in [9.17, 15) is 0 Å². The van der Waals surface area contributed by atoms with Crippen LogP contribution in [0.25, 0.3) is 0 Å². The molecule has 0 atom stereocenters. The quantitative estimate of drug-likeness (QED) is 0.888. The minimum Gasteiger partial charge on any atom is -0.488 e. The van der Waals surface area contributed by atoms with Gasteiger partial charge in [-0.05, 0) is 18.2 Å². The Balaban J connectivity index is 2.09. The zero-order valence-electron chi connectivity index (χ0n) is 8.52. The fourth-order valence-electron chi connectivity index (χ4n) is 1.31. The van der Waals surface area contributed by atoms with E-state index in [1.54, 1.807) is 24.4 Å². The first-order chi connectivity index (χ1) is 7.79. The second-order valence-electron chi connectivity index (χ2n) is 3.28. The number of hydrogen-bond acceptors (Lipinski definition) is 4. The minimum absolute atomic E-state index is 0.388. The summed E-state index contributed by atoms with van der Waals surface area (Å²) in [5.74, 6) is 0.730. The van der Waals surface area contributed by atoms with Crippen LogP contribution < -0.4 is 10.5 Å². The fourth-order valence-corrected chi connectivity index (χ4v) is 1.50. The molecule has 2 N–H and O–H groups in total. The van der Waals surface area contributed by atoms with Crippen molar-refractivity contribution >= 4 is 11.6 Å². The highest BCUT2D eigenvalue weighted by Gasteiger charge is 2.04. The highest BCUT2D eigenvalue weighted by atomic mass is 35.5. The number of halogens is 1. The number of ether oxygens (including phenoxy) is 1. The normalized spacial score (nSPS) is 10.4. The molecule has 0 fully saturated rings. The minimum atomic E-state index is 0.388. The van der Waals surface area contributed by atoms with Crippen molar-refractivity contribution in [1.29, 1.82) is 0 Å². The van der Waals surface area contributed by atoms with Crippen molar-refractivity contribution in [3.8, 4) is 5.75 Å². The molecule has 5 heteroatoms. The topological polar surface area (TPSA) is 61.3 Å². The molecule has 2 aromatic rings. The molecule has 84 valence electrons. The van der Waals surface area contributed by atoms with Crippen LogP contribution in [-0.2, 0) is 13.2 Å². The number of aromatic nitrogens is 1. The van der Waals surface area contributed by atoms with Gasteiger partial charge >= 0.3 is 0 Å². The lowest BCUT2D eigenvalue weighted by Gasteiger charge is -2.09. The Morgan fingerprint density at radius 3 is 3.00 bits per heavy atom. The third-order valence-electron chi connectivity index (χ3n) is 2.12. The van der Waals surface area contributed by atoms with Crippen LogP contribution in [0.4, 0.5) is 0 Å². The maximum absolute atomic E-state index is 5.86. The Kier molecular flexibility index (Phi) is 3.44. The van der Waals surface area contributed by atoms with Crippen molar-refractivity contribution in [3.63, 3.8) is 0 Å². The molecule has 1 heterocycles. The van der Waals surface area contributed by atoms with E-state index in [4.69, 9.17) is 26.6 Å². The highest BCUT2D eigenvalue weighted by molar-refractivity contribution is 6.30. The van der Waals surface area contributed by atoms with Gasteiger partial charge in [0.1, 0.15) is 18.6 Å². The lowest BCUT2D eigenvalue weighted by molar-refractivity contribution is 0.301. The summed E-state index contributed by atoms with van der Waals surface area (Å²) in [6.07, 6.45) is 3.15. The SMILES string of the molecule is NCc1cc(Cl)ccc1OCc1cnoc1. The number of benzene rings is 1. The summed E-state index contributed by atoms with van der Waals surface area (Å²) in [7, 11) is 0. The standard InChI is InChI=1S/C11H11ClN2O2/c12-10-1-2-11(9(3-10)4-13)15-6-8-5-14-16-7-8/h1-3,5,7H,4,6,13H2. The number of nitrogens with zero attached hydrogens (tertiary/aromatic N) is 1. The lowest BCUT2D eigenvalue weighted by Crippen LogP contribution is -2.02. The van der Waals surface area contributed by atoms with Crippen LogP contribution in [0.3, 0.4) is 0 Å². The van der Waals surface area contributed by atoms with Gasteiger partial charge < -0.3 is 15.0 Å². The van der Waals surface area contributed by atoms with Crippen LogP contribution >= 0.6 is 11.6 Å². The van der Waals surface area contributed by atoms with Crippen LogP contribution in [0.15, 0.2) is 35.2 Å². The lowest BCUT2D eigenvalue weighted by atomic mass is 10.2. The van der Waals surface area contributed by atoms with E-state index in [2.05, 4.69) is 5.16 Å². The smallest absolute Gasteiger partial charge is 0.130 e. The second-order valence-corrected chi connectivity index (χ2v) is 3.71. The highest BCUT2D eigenvalue weighted by Crippen LogP contribution is 2.23. The van der Waals surface area contributed by atoms with Gasteiger partial charge in [0.05, 0.1) is 6.20 Å². The van der Waals surface area contributed by atoms with Gasteiger partial charge in [-0.3, -0.25) is 0 Å². The van der Waals surface area contributed by atoms with Crippen molar-refractivity contribution < 1.29 is 9.26 Å². The van der Waals surface area contributed by atoms with Crippen molar-refractivity contribution in [2.45, 2.75) is 13.2 Å². The molecule has 0 spiro atoms. The van der Waals surface area contributed by atoms with Crippen molar-refractivity contribution in [2.75, 3.05) is 0 Å². The van der Waals surface area contributed by atoms with Crippen LogP contribution in [0.2, 0.25) is 5.02 Å². The first-order valence-electron chi connectivity index (χ1n) is 4.79. The van der Waals surface area contributed by atoms with Gasteiger partial charge in [0, 0.05) is 22.7 Å². The second kappa shape index (κ2) is 5.01. The Hall–Kier alpha value is -1.52. The monoisotopic (exact) mass is 238 g/mol. The third-order valence-corrected chi connectivity index (χ3v) is 2.36. The van der Waals surface area contributed by atoms with Crippen LogP contribution in [0.1, 0.15) is 11.1 Å². The van der Waals surface area contributed by atoms with E-state index in [0.717, 1.165) is 16.9 Å². The average molecular weight is 239 g/mol. The van der Waals surface area contributed by atoms with Gasteiger partial charge in [0.2, 0.25) is 0 Å². The van der Waals surface area contributed by atoms with E-state index in [1.165, 1.54) is 6.26 Å². The first kappa shape index (κ1) is 11.0. The summed E-state index contributed by atoms with van der Waals surface area (Å²) in [4.78, 5) is 0. The molecule has 1 aromatic carbocycles. The number of hydrogen-bond donors (Lipinski definition) is 1. The van der Waals surface area contributed by atoms with E-state index in [0.29, 0.717) is 18.2 Å². The van der Waals surface area contributed by atoms with Gasteiger partial charge in [-0.1, -0.05) is 16.8 Å². The fraction of sp³-hybridized carbons (Fsp3) is 0.182. The summed E-state index contributed by atoms with van der Waals surface area (Å²) < 4.78 is 10.3. The zero-order chi connectivity index (χ0) is 11.4. The van der Waals surface area contributed by atoms with E-state index < -0.39 is 0 Å². The predicted molar refractivity (Wildman–Crippen MR) is 60.2 cm³/mol. The molecule has 0 saturated heterocycles. The van der Waals surface area contributed by atoms with Gasteiger partial charge in [-0.25, -0.2) is 0 Å². The summed E-state index contributed by atoms with van der Waals surface area (Å²) in [6, 6.07) is 5.37. The maximum Gasteiger partial charge on any atom is 0.130 e. The van der Waals surface area contributed by atoms with E-state index in [1.807, 2.05) is 0 Å². The summed E-state index contributed by atoms with van der Waals surface area (Å²) in [5, 5.41) is 4.24. The molecule has 0 bridgehead atoms. The van der Waals surface area contributed by atoms with Crippen molar-refractivity contribution in [1.82, 2.24) is 5.16 Å². The zero-order valence-corrected chi connectivity index (χ0v) is 9.28. The Morgan fingerprint density at radius 2 is 2.31 bits per heavy atom. The summed E-state index contributed by atoms with van der Waals surface area (Å²) in [5.41, 5.74) is 7.35. The van der Waals surface area contributed by atoms with Crippen LogP contribution in [-0.4, -0.2) is 5.16 Å². The molecule has 0 radical (unpaired) electrons. The molecular weight excluding hydrogens is 228 g/mol. The van der Waals surface area contributed by atoms with Gasteiger partial charge in [0.15, 0.2) is 0 Å². The molecule has 0 unspecified atom stereocenters. The first-order valence-corrected chi connectivity index (χ1v) is 5.17. The van der Waals surface area contributed by atoms with Crippen molar-refractivity contribution in [2.24, 2.45) is 5.73 Å². The predicted octanol–water partition coefficient (Wildman–Crippen LogP) is 2.37. The van der Waals surface area contributed by atoms with Crippen molar-refractivity contribution in [3.05, 3.63) is 46.8 Å². The molecule has 0 aliphatic heterocycles. The molecule has 0 amide bonds. The molecule has 0 aliphatic rings. The molecule has 0 aliphatic carbocycles.